The molecule has 0 atom stereocenters. The molecule has 0 saturated carbocycles. The fraction of sp³-hybridized carbons (Fsp3) is 0.174. The number of methoxy groups -OCH3 is 1. The van der Waals surface area contributed by atoms with E-state index in [1.807, 2.05) is 6.92 Å². The lowest BCUT2D eigenvalue weighted by molar-refractivity contribution is -0.122. The number of allylic oxidation sites excluding steroid dienone is 1. The van der Waals surface area contributed by atoms with E-state index in [0.717, 1.165) is 10.5 Å². The summed E-state index contributed by atoms with van der Waals surface area (Å²) in [6.45, 7) is 6.08. The maximum Gasteiger partial charge on any atom is 0.335 e. The summed E-state index contributed by atoms with van der Waals surface area (Å²) in [5, 5.41) is 2.22. The predicted octanol–water partition coefficient (Wildman–Crippen LogP) is 3.49. The molecule has 4 amide bonds. The summed E-state index contributed by atoms with van der Waals surface area (Å²) in [6.07, 6.45) is 3.67. The van der Waals surface area contributed by atoms with Gasteiger partial charge in [-0.15, -0.1) is 6.58 Å². The molecule has 0 aliphatic carbocycles. The highest BCUT2D eigenvalue weighted by Gasteiger charge is 2.36. The molecule has 1 fully saturated rings. The monoisotopic (exact) mass is 406 g/mol. The maximum atomic E-state index is 13.0. The third-order valence-electron chi connectivity index (χ3n) is 4.45. The van der Waals surface area contributed by atoms with Gasteiger partial charge in [0.05, 0.1) is 19.4 Å². The summed E-state index contributed by atoms with van der Waals surface area (Å²) in [4.78, 5) is 38.6. The molecule has 2 aromatic carbocycles. The van der Waals surface area contributed by atoms with E-state index in [2.05, 4.69) is 11.9 Å². The molecule has 0 aromatic heterocycles. The number of hydrogen-bond acceptors (Lipinski definition) is 5. The van der Waals surface area contributed by atoms with Gasteiger partial charge in [-0.3, -0.25) is 14.9 Å². The number of para-hydroxylation sites is 1. The number of carbonyl (C=O) groups excluding carboxylic acids is 3. The van der Waals surface area contributed by atoms with Gasteiger partial charge in [0.2, 0.25) is 0 Å². The standard InChI is InChI=1S/C23H22N2O5/c1-4-9-16-12-15(14-19(29-3)20(16)30-5-2)13-18-21(26)24-23(28)25(22(18)27)17-10-7-6-8-11-17/h4,6-8,10-14H,1,5,9H2,2-3H3,(H,24,26,28)/b18-13+. The quantitative estimate of drug-likeness (QED) is 0.432. The van der Waals surface area contributed by atoms with Crippen LogP contribution in [0.2, 0.25) is 0 Å². The van der Waals surface area contributed by atoms with Crippen LogP contribution in [0.3, 0.4) is 0 Å². The molecule has 7 nitrogen and oxygen atoms in total. The van der Waals surface area contributed by atoms with E-state index >= 15 is 0 Å². The minimum absolute atomic E-state index is 0.158. The lowest BCUT2D eigenvalue weighted by Crippen LogP contribution is -2.54. The number of imide groups is 2. The number of carbonyl (C=O) groups is 3. The molecule has 0 radical (unpaired) electrons. The van der Waals surface area contributed by atoms with Crippen molar-refractivity contribution in [2.24, 2.45) is 0 Å². The van der Waals surface area contributed by atoms with E-state index in [1.54, 1.807) is 48.5 Å². The third kappa shape index (κ3) is 4.10. The summed E-state index contributed by atoms with van der Waals surface area (Å²) < 4.78 is 11.1. The van der Waals surface area contributed by atoms with Crippen molar-refractivity contribution in [3.05, 3.63) is 71.8 Å². The highest BCUT2D eigenvalue weighted by molar-refractivity contribution is 6.39. The van der Waals surface area contributed by atoms with Gasteiger partial charge >= 0.3 is 6.03 Å². The Morgan fingerprint density at radius 3 is 2.50 bits per heavy atom. The van der Waals surface area contributed by atoms with Crippen LogP contribution >= 0.6 is 0 Å². The summed E-state index contributed by atoms with van der Waals surface area (Å²) >= 11 is 0. The SMILES string of the molecule is C=CCc1cc(/C=C2\C(=O)NC(=O)N(c3ccccc3)C2=O)cc(OC)c1OCC. The van der Waals surface area contributed by atoms with Gasteiger partial charge in [-0.05, 0) is 49.2 Å². The Balaban J connectivity index is 2.07. The highest BCUT2D eigenvalue weighted by Crippen LogP contribution is 2.34. The second-order valence-electron chi connectivity index (χ2n) is 6.43. The van der Waals surface area contributed by atoms with Crippen molar-refractivity contribution in [1.82, 2.24) is 5.32 Å². The molecule has 1 N–H and O–H groups in total. The number of ether oxygens (including phenoxy) is 2. The van der Waals surface area contributed by atoms with Crippen LogP contribution in [-0.2, 0) is 16.0 Å². The van der Waals surface area contributed by atoms with Crippen LogP contribution in [0.1, 0.15) is 18.1 Å². The van der Waals surface area contributed by atoms with Gasteiger partial charge in [-0.25, -0.2) is 9.69 Å². The topological polar surface area (TPSA) is 84.9 Å². The van der Waals surface area contributed by atoms with Crippen molar-refractivity contribution in [3.63, 3.8) is 0 Å². The molecular weight excluding hydrogens is 384 g/mol. The molecule has 30 heavy (non-hydrogen) atoms. The fourth-order valence-electron chi connectivity index (χ4n) is 3.17. The first kappa shape index (κ1) is 20.9. The first-order chi connectivity index (χ1) is 14.5. The Bertz CT molecular complexity index is 1030. The van der Waals surface area contributed by atoms with Crippen molar-refractivity contribution >= 4 is 29.6 Å². The zero-order valence-corrected chi connectivity index (χ0v) is 16.8. The van der Waals surface area contributed by atoms with Crippen LogP contribution in [0.25, 0.3) is 6.08 Å². The van der Waals surface area contributed by atoms with Gasteiger partial charge in [0.25, 0.3) is 11.8 Å². The van der Waals surface area contributed by atoms with Crippen LogP contribution in [0.4, 0.5) is 10.5 Å². The van der Waals surface area contributed by atoms with Crippen molar-refractivity contribution in [2.75, 3.05) is 18.6 Å². The number of nitrogens with one attached hydrogen (secondary N) is 1. The van der Waals surface area contributed by atoms with Gasteiger partial charge in [0.1, 0.15) is 5.57 Å². The van der Waals surface area contributed by atoms with Crippen molar-refractivity contribution < 1.29 is 23.9 Å². The molecule has 1 heterocycles. The van der Waals surface area contributed by atoms with Gasteiger partial charge in [-0.1, -0.05) is 24.3 Å². The average Bonchev–Trinajstić information content (AvgIpc) is 2.73. The highest BCUT2D eigenvalue weighted by atomic mass is 16.5. The third-order valence-corrected chi connectivity index (χ3v) is 4.45. The first-order valence-corrected chi connectivity index (χ1v) is 9.41. The van der Waals surface area contributed by atoms with Crippen LogP contribution in [-0.4, -0.2) is 31.6 Å². The molecule has 1 saturated heterocycles. The molecule has 2 aromatic rings. The number of hydrogen-bond donors (Lipinski definition) is 1. The van der Waals surface area contributed by atoms with E-state index in [4.69, 9.17) is 9.47 Å². The van der Waals surface area contributed by atoms with Crippen LogP contribution in [0, 0.1) is 0 Å². The van der Waals surface area contributed by atoms with E-state index < -0.39 is 17.8 Å². The first-order valence-electron chi connectivity index (χ1n) is 9.41. The molecule has 3 rings (SSSR count). The van der Waals surface area contributed by atoms with E-state index in [0.29, 0.717) is 35.8 Å². The lowest BCUT2D eigenvalue weighted by atomic mass is 10.0. The minimum Gasteiger partial charge on any atom is -0.493 e. The van der Waals surface area contributed by atoms with E-state index in [-0.39, 0.29) is 5.57 Å². The second-order valence-corrected chi connectivity index (χ2v) is 6.43. The van der Waals surface area contributed by atoms with Crippen molar-refractivity contribution in [1.29, 1.82) is 0 Å². The number of amides is 4. The molecule has 1 aliphatic rings. The van der Waals surface area contributed by atoms with Crippen LogP contribution < -0.4 is 19.7 Å². The molecular formula is C23H22N2O5. The van der Waals surface area contributed by atoms with Crippen LogP contribution in [0.5, 0.6) is 11.5 Å². The zero-order valence-electron chi connectivity index (χ0n) is 16.8. The number of nitrogens with zero attached hydrogens (tertiary/aromatic N) is 1. The van der Waals surface area contributed by atoms with E-state index in [9.17, 15) is 14.4 Å². The molecule has 0 unspecified atom stereocenters. The number of rotatable bonds is 7. The van der Waals surface area contributed by atoms with Crippen LogP contribution in [0.15, 0.2) is 60.7 Å². The number of anilines is 1. The van der Waals surface area contributed by atoms with Gasteiger partial charge in [-0.2, -0.15) is 0 Å². The largest absolute Gasteiger partial charge is 0.493 e. The summed E-state index contributed by atoms with van der Waals surface area (Å²) in [5.74, 6) is -0.395. The number of barbiturate groups is 1. The number of urea groups is 1. The molecule has 0 spiro atoms. The van der Waals surface area contributed by atoms with Gasteiger partial charge < -0.3 is 9.47 Å². The summed E-state index contributed by atoms with van der Waals surface area (Å²) in [5.41, 5.74) is 1.58. The maximum absolute atomic E-state index is 13.0. The minimum atomic E-state index is -0.787. The lowest BCUT2D eigenvalue weighted by Gasteiger charge is -2.26. The van der Waals surface area contributed by atoms with E-state index in [1.165, 1.54) is 13.2 Å². The summed E-state index contributed by atoms with van der Waals surface area (Å²) in [6, 6.07) is 11.1. The molecule has 1 aliphatic heterocycles. The average molecular weight is 406 g/mol. The van der Waals surface area contributed by atoms with Crippen molar-refractivity contribution in [3.8, 4) is 11.5 Å². The Kier molecular flexibility index (Phi) is 6.32. The smallest absolute Gasteiger partial charge is 0.335 e. The van der Waals surface area contributed by atoms with Gasteiger partial charge in [0.15, 0.2) is 11.5 Å². The Morgan fingerprint density at radius 1 is 1.13 bits per heavy atom. The molecule has 0 bridgehead atoms. The Hall–Kier alpha value is -3.87. The fourth-order valence-corrected chi connectivity index (χ4v) is 3.17. The Labute approximate surface area is 174 Å². The molecule has 154 valence electrons. The number of benzene rings is 2. The molecule has 7 heteroatoms. The second kappa shape index (κ2) is 9.09. The Morgan fingerprint density at radius 2 is 1.87 bits per heavy atom. The summed E-state index contributed by atoms with van der Waals surface area (Å²) in [7, 11) is 1.51. The predicted molar refractivity (Wildman–Crippen MR) is 114 cm³/mol. The normalized spacial score (nSPS) is 15.2. The zero-order chi connectivity index (χ0) is 21.7. The van der Waals surface area contributed by atoms with Crippen molar-refractivity contribution in [2.45, 2.75) is 13.3 Å². The van der Waals surface area contributed by atoms with Gasteiger partial charge in [0, 0.05) is 5.56 Å².